The highest BCUT2D eigenvalue weighted by Crippen LogP contribution is 2.40. The standard InChI is InChI=1S/C28H33F3O3/c1-3-17-4-6-19(7-5-17)22-13-15-25(27(31)26(22)30)34-28(32)20-10-8-18(9-11-20)21-12-14-24(33-2)23(29)16-21/h12-20H,3-11H2,1-2H3. The number of ether oxygens (including phenoxy) is 2. The molecular weight excluding hydrogens is 441 g/mol. The fraction of sp³-hybridized carbons (Fsp3) is 0.536. The van der Waals surface area contributed by atoms with Crippen LogP contribution >= 0.6 is 0 Å². The number of carbonyl (C=O) groups is 1. The number of esters is 1. The molecule has 0 unspecified atom stereocenters. The fourth-order valence-corrected chi connectivity index (χ4v) is 5.61. The molecule has 0 saturated heterocycles. The summed E-state index contributed by atoms with van der Waals surface area (Å²) in [5, 5.41) is 0. The van der Waals surface area contributed by atoms with Crippen LogP contribution in [0, 0.1) is 29.3 Å². The van der Waals surface area contributed by atoms with Gasteiger partial charge in [-0.15, -0.1) is 0 Å². The lowest BCUT2D eigenvalue weighted by Crippen LogP contribution is -2.25. The van der Waals surface area contributed by atoms with Crippen molar-refractivity contribution in [1.29, 1.82) is 0 Å². The number of carbonyl (C=O) groups excluding carboxylic acids is 1. The molecule has 0 heterocycles. The van der Waals surface area contributed by atoms with Crippen molar-refractivity contribution in [3.8, 4) is 11.5 Å². The third-order valence-electron chi connectivity index (χ3n) is 7.86. The van der Waals surface area contributed by atoms with Crippen LogP contribution in [0.3, 0.4) is 0 Å². The van der Waals surface area contributed by atoms with E-state index in [2.05, 4.69) is 6.92 Å². The van der Waals surface area contributed by atoms with Crippen LogP contribution in [0.15, 0.2) is 30.3 Å². The Hall–Kier alpha value is -2.50. The maximum Gasteiger partial charge on any atom is 0.314 e. The summed E-state index contributed by atoms with van der Waals surface area (Å²) in [5.41, 5.74) is 1.26. The van der Waals surface area contributed by atoms with Crippen molar-refractivity contribution in [2.75, 3.05) is 7.11 Å². The van der Waals surface area contributed by atoms with Gasteiger partial charge in [0, 0.05) is 0 Å². The van der Waals surface area contributed by atoms with Gasteiger partial charge in [-0.1, -0.05) is 25.5 Å². The van der Waals surface area contributed by atoms with Gasteiger partial charge in [-0.05, 0) is 98.4 Å². The van der Waals surface area contributed by atoms with Crippen LogP contribution in [-0.4, -0.2) is 13.1 Å². The lowest BCUT2D eigenvalue weighted by molar-refractivity contribution is -0.140. The molecule has 2 saturated carbocycles. The smallest absolute Gasteiger partial charge is 0.314 e. The molecule has 3 nitrogen and oxygen atoms in total. The molecule has 0 aliphatic heterocycles. The van der Waals surface area contributed by atoms with Gasteiger partial charge in [0.05, 0.1) is 13.0 Å². The largest absolute Gasteiger partial charge is 0.494 e. The Bertz CT molecular complexity index is 1010. The Balaban J connectivity index is 1.35. The van der Waals surface area contributed by atoms with E-state index in [0.717, 1.165) is 37.7 Å². The monoisotopic (exact) mass is 474 g/mol. The lowest BCUT2D eigenvalue weighted by atomic mass is 9.77. The molecule has 0 aromatic heterocycles. The molecule has 2 fully saturated rings. The van der Waals surface area contributed by atoms with E-state index in [1.165, 1.54) is 19.2 Å². The number of halogens is 3. The van der Waals surface area contributed by atoms with Crippen molar-refractivity contribution in [3.63, 3.8) is 0 Å². The topological polar surface area (TPSA) is 35.5 Å². The Morgan fingerprint density at radius 3 is 2.12 bits per heavy atom. The second-order valence-corrected chi connectivity index (χ2v) is 9.77. The first-order valence-electron chi connectivity index (χ1n) is 12.4. The number of hydrogen-bond acceptors (Lipinski definition) is 3. The third-order valence-corrected chi connectivity index (χ3v) is 7.86. The first-order valence-corrected chi connectivity index (χ1v) is 12.4. The van der Waals surface area contributed by atoms with Crippen molar-refractivity contribution in [3.05, 3.63) is 58.9 Å². The molecule has 184 valence electrons. The Morgan fingerprint density at radius 1 is 0.853 bits per heavy atom. The van der Waals surface area contributed by atoms with Crippen LogP contribution in [0.5, 0.6) is 11.5 Å². The van der Waals surface area contributed by atoms with Gasteiger partial charge in [-0.25, -0.2) is 8.78 Å². The van der Waals surface area contributed by atoms with Gasteiger partial charge >= 0.3 is 5.97 Å². The van der Waals surface area contributed by atoms with E-state index in [-0.39, 0.29) is 29.3 Å². The molecule has 2 aliphatic rings. The van der Waals surface area contributed by atoms with E-state index in [1.807, 2.05) is 6.07 Å². The molecule has 4 rings (SSSR count). The minimum absolute atomic E-state index is 0.0140. The number of hydrogen-bond donors (Lipinski definition) is 0. The van der Waals surface area contributed by atoms with Gasteiger partial charge in [-0.2, -0.15) is 4.39 Å². The van der Waals surface area contributed by atoms with Crippen molar-refractivity contribution in [2.24, 2.45) is 11.8 Å². The van der Waals surface area contributed by atoms with Crippen LogP contribution in [0.4, 0.5) is 13.2 Å². The van der Waals surface area contributed by atoms with Crippen molar-refractivity contribution >= 4 is 5.97 Å². The van der Waals surface area contributed by atoms with E-state index < -0.39 is 23.4 Å². The Labute approximate surface area is 199 Å². The van der Waals surface area contributed by atoms with Gasteiger partial charge in [0.15, 0.2) is 23.1 Å². The van der Waals surface area contributed by atoms with Crippen molar-refractivity contribution in [2.45, 2.75) is 76.5 Å². The van der Waals surface area contributed by atoms with Gasteiger partial charge < -0.3 is 9.47 Å². The molecule has 2 aliphatic carbocycles. The van der Waals surface area contributed by atoms with E-state index in [9.17, 15) is 18.0 Å². The molecule has 0 radical (unpaired) electrons. The highest BCUT2D eigenvalue weighted by molar-refractivity contribution is 5.75. The van der Waals surface area contributed by atoms with E-state index in [1.54, 1.807) is 12.1 Å². The molecular formula is C28H33F3O3. The van der Waals surface area contributed by atoms with Crippen LogP contribution in [0.25, 0.3) is 0 Å². The summed E-state index contributed by atoms with van der Waals surface area (Å²) >= 11 is 0. The molecule has 0 spiro atoms. The first-order chi connectivity index (χ1) is 16.4. The van der Waals surface area contributed by atoms with Crippen LogP contribution in [0.2, 0.25) is 0 Å². The molecule has 2 aromatic rings. The second-order valence-electron chi connectivity index (χ2n) is 9.77. The normalized spacial score (nSPS) is 25.1. The average molecular weight is 475 g/mol. The average Bonchev–Trinajstić information content (AvgIpc) is 2.87. The molecule has 2 aromatic carbocycles. The van der Waals surface area contributed by atoms with Gasteiger partial charge in [0.1, 0.15) is 0 Å². The van der Waals surface area contributed by atoms with Gasteiger partial charge in [-0.3, -0.25) is 4.79 Å². The highest BCUT2D eigenvalue weighted by Gasteiger charge is 2.31. The summed E-state index contributed by atoms with van der Waals surface area (Å²) in [6.45, 7) is 2.17. The quantitative estimate of drug-likeness (QED) is 0.318. The van der Waals surface area contributed by atoms with Gasteiger partial charge in [0.2, 0.25) is 5.82 Å². The molecule has 0 N–H and O–H groups in total. The van der Waals surface area contributed by atoms with Crippen LogP contribution in [0.1, 0.15) is 87.7 Å². The zero-order valence-electron chi connectivity index (χ0n) is 19.9. The molecule has 0 atom stereocenters. The molecule has 6 heteroatoms. The predicted molar refractivity (Wildman–Crippen MR) is 125 cm³/mol. The summed E-state index contributed by atoms with van der Waals surface area (Å²) in [7, 11) is 1.43. The predicted octanol–water partition coefficient (Wildman–Crippen LogP) is 7.68. The first kappa shape index (κ1) is 24.6. The Kier molecular flexibility index (Phi) is 7.84. The SMILES string of the molecule is CCC1CCC(c2ccc(OC(=O)C3CCC(c4ccc(OC)c(F)c4)CC3)c(F)c2F)CC1. The van der Waals surface area contributed by atoms with Crippen LogP contribution in [-0.2, 0) is 4.79 Å². The Morgan fingerprint density at radius 2 is 1.50 bits per heavy atom. The van der Waals surface area contributed by atoms with E-state index >= 15 is 0 Å². The lowest BCUT2D eigenvalue weighted by Gasteiger charge is -2.29. The summed E-state index contributed by atoms with van der Waals surface area (Å²) in [4.78, 5) is 12.7. The summed E-state index contributed by atoms with van der Waals surface area (Å²) in [6, 6.07) is 7.91. The zero-order valence-corrected chi connectivity index (χ0v) is 19.9. The number of benzene rings is 2. The maximum atomic E-state index is 14.8. The zero-order chi connectivity index (χ0) is 24.2. The summed E-state index contributed by atoms with van der Waals surface area (Å²) < 4.78 is 53.9. The minimum Gasteiger partial charge on any atom is -0.494 e. The molecule has 0 bridgehead atoms. The van der Waals surface area contributed by atoms with Crippen molar-refractivity contribution in [1.82, 2.24) is 0 Å². The van der Waals surface area contributed by atoms with Gasteiger partial charge in [0.25, 0.3) is 0 Å². The van der Waals surface area contributed by atoms with Crippen molar-refractivity contribution < 1.29 is 27.4 Å². The van der Waals surface area contributed by atoms with E-state index in [0.29, 0.717) is 37.2 Å². The molecule has 34 heavy (non-hydrogen) atoms. The highest BCUT2D eigenvalue weighted by atomic mass is 19.2. The summed E-state index contributed by atoms with van der Waals surface area (Å²) in [5.74, 6) is -2.60. The fourth-order valence-electron chi connectivity index (χ4n) is 5.61. The molecule has 0 amide bonds. The van der Waals surface area contributed by atoms with Crippen LogP contribution < -0.4 is 9.47 Å². The van der Waals surface area contributed by atoms with E-state index in [4.69, 9.17) is 9.47 Å². The maximum absolute atomic E-state index is 14.8. The second kappa shape index (κ2) is 10.8. The number of methoxy groups -OCH3 is 1. The third kappa shape index (κ3) is 5.26. The summed E-state index contributed by atoms with van der Waals surface area (Å²) in [6.07, 6.45) is 7.40. The number of rotatable bonds is 6. The minimum atomic E-state index is -1.08.